The first-order chi connectivity index (χ1) is 5.22. The van der Waals surface area contributed by atoms with Crippen molar-refractivity contribution in [1.82, 2.24) is 3.62 Å². The maximum absolute atomic E-state index is 6.02. The lowest BCUT2D eigenvalue weighted by molar-refractivity contribution is 1.19. The molecule has 0 saturated heterocycles. The van der Waals surface area contributed by atoms with Crippen molar-refractivity contribution in [3.05, 3.63) is 0 Å². The second kappa shape index (κ2) is 4.00. The molecule has 0 aliphatic rings. The fraction of sp³-hybridized carbons (Fsp3) is 0.750. The summed E-state index contributed by atoms with van der Waals surface area (Å²) >= 11 is 0. The van der Waals surface area contributed by atoms with Crippen molar-refractivity contribution in [2.24, 2.45) is 0 Å². The van der Waals surface area contributed by atoms with Gasteiger partial charge in [-0.2, -0.15) is 10.2 Å². The molecule has 0 aromatic carbocycles. The summed E-state index contributed by atoms with van der Waals surface area (Å²) in [6.07, 6.45) is 10.8. The van der Waals surface area contributed by atoms with Crippen LogP contribution in [-0.4, -0.2) is 42.9 Å². The van der Waals surface area contributed by atoms with Gasteiger partial charge in [-0.1, -0.05) is 5.92 Å². The maximum Gasteiger partial charge on any atom is 0.214 e. The van der Waals surface area contributed by atoms with E-state index in [-0.39, 0.29) is 0 Å². The lowest BCUT2D eigenvalue weighted by Crippen LogP contribution is -2.25. The van der Waals surface area contributed by atoms with Gasteiger partial charge in [-0.15, -0.1) is 10.2 Å². The minimum atomic E-state index is -1.08. The molecule has 0 aliphatic carbocycles. The maximum atomic E-state index is 6.02. The van der Waals surface area contributed by atoms with Crippen molar-refractivity contribution in [3.63, 3.8) is 0 Å². The van der Waals surface area contributed by atoms with Crippen LogP contribution in [-0.2, 0) is 0 Å². The van der Waals surface area contributed by atoms with Crippen LogP contribution in [0.25, 0.3) is 0 Å². The van der Waals surface area contributed by atoms with E-state index in [2.05, 4.69) is 42.5 Å². The molecule has 0 aliphatic heterocycles. The third kappa shape index (κ3) is 3.34. The van der Waals surface area contributed by atoms with Gasteiger partial charge >= 0.3 is 0 Å². The van der Waals surface area contributed by atoms with Gasteiger partial charge in [-0.25, -0.2) is 0 Å². The normalized spacial score (nSPS) is 15.2. The fourth-order valence-electron chi connectivity index (χ4n) is 0.854. The molecule has 0 rings (SSSR count). The Kier molecular flexibility index (Phi) is 4.09. The molecule has 0 aromatic heterocycles. The summed E-state index contributed by atoms with van der Waals surface area (Å²) in [7, 11) is 4.10. The summed E-state index contributed by atoms with van der Waals surface area (Å²) in [4.78, 5) is 0. The first kappa shape index (κ1) is 12.3. The van der Waals surface area contributed by atoms with Gasteiger partial charge in [0, 0.05) is 0 Å². The van der Waals surface area contributed by atoms with E-state index in [0.29, 0.717) is 0 Å². The van der Waals surface area contributed by atoms with Crippen LogP contribution in [0.15, 0.2) is 0 Å². The Balaban J connectivity index is 4.64. The highest BCUT2D eigenvalue weighted by Gasteiger charge is 2.21. The molecule has 70 valence electrons. The minimum absolute atomic E-state index is 0.837. The van der Waals surface area contributed by atoms with Gasteiger partial charge in [0.1, 0.15) is 0 Å². The minimum Gasteiger partial charge on any atom is -0.276 e. The van der Waals surface area contributed by atoms with Crippen LogP contribution in [0.4, 0.5) is 0 Å². The van der Waals surface area contributed by atoms with Crippen LogP contribution in [0.5, 0.6) is 0 Å². The van der Waals surface area contributed by atoms with Gasteiger partial charge in [0.25, 0.3) is 0 Å². The van der Waals surface area contributed by atoms with Crippen LogP contribution in [0.2, 0.25) is 0 Å². The summed E-state index contributed by atoms with van der Waals surface area (Å²) in [5.41, 5.74) is 0. The van der Waals surface area contributed by atoms with E-state index in [9.17, 15) is 0 Å². The highest BCUT2D eigenvalue weighted by atomic mass is 32.3. The molecular weight excluding hydrogens is 185 g/mol. The summed E-state index contributed by atoms with van der Waals surface area (Å²) < 4.78 is 1.95. The molecule has 0 saturated carbocycles. The second-order valence-corrected chi connectivity index (χ2v) is 11.0. The van der Waals surface area contributed by atoms with Crippen molar-refractivity contribution >= 4 is 28.4 Å². The third-order valence-electron chi connectivity index (χ3n) is 1.34. The SMILES string of the molecule is [B]N(S(C)(C)C)S(C)(C)C#CC. The Bertz CT molecular complexity index is 209. The van der Waals surface area contributed by atoms with Crippen molar-refractivity contribution in [2.45, 2.75) is 6.92 Å². The molecule has 0 fully saturated rings. The van der Waals surface area contributed by atoms with Gasteiger partial charge in [0.15, 0.2) is 0 Å². The molecule has 0 N–H and O–H groups in total. The topological polar surface area (TPSA) is 3.24 Å². The Morgan fingerprint density at radius 3 is 1.75 bits per heavy atom. The van der Waals surface area contributed by atoms with Crippen LogP contribution >= 0.6 is 20.4 Å². The molecule has 0 atom stereocenters. The zero-order chi connectivity index (χ0) is 9.99. The second-order valence-electron chi connectivity index (χ2n) is 3.68. The predicted molar refractivity (Wildman–Crippen MR) is 65.8 cm³/mol. The standard InChI is InChI=1S/C8H18BNS2/c1-7-8-12(5,6)10(9)11(2,3)4/h1-6H3. The first-order valence-corrected chi connectivity index (χ1v) is 8.84. The molecule has 12 heavy (non-hydrogen) atoms. The number of hydrogen-bond acceptors (Lipinski definition) is 1. The summed E-state index contributed by atoms with van der Waals surface area (Å²) in [5.74, 6) is 2.94. The van der Waals surface area contributed by atoms with Crippen molar-refractivity contribution < 1.29 is 0 Å². The van der Waals surface area contributed by atoms with Crippen LogP contribution in [0.3, 0.4) is 0 Å². The largest absolute Gasteiger partial charge is 0.276 e. The number of nitrogens with zero attached hydrogens (tertiary/aromatic N) is 1. The molecular formula is C8H18BNS2. The Labute approximate surface area is 81.6 Å². The average molecular weight is 203 g/mol. The van der Waals surface area contributed by atoms with Crippen molar-refractivity contribution in [2.75, 3.05) is 31.3 Å². The highest BCUT2D eigenvalue weighted by molar-refractivity contribution is 8.46. The van der Waals surface area contributed by atoms with E-state index >= 15 is 0 Å². The number of hydrogen-bond donors (Lipinski definition) is 0. The van der Waals surface area contributed by atoms with Gasteiger partial charge in [0.05, 0.1) is 0 Å². The lowest BCUT2D eigenvalue weighted by Gasteiger charge is -2.48. The summed E-state index contributed by atoms with van der Waals surface area (Å²) in [6, 6.07) is 0. The Morgan fingerprint density at radius 2 is 1.50 bits per heavy atom. The smallest absolute Gasteiger partial charge is 0.214 e. The van der Waals surface area contributed by atoms with Crippen LogP contribution < -0.4 is 0 Å². The highest BCUT2D eigenvalue weighted by Crippen LogP contribution is 2.56. The number of rotatable bonds is 2. The quantitative estimate of drug-likeness (QED) is 0.489. The lowest BCUT2D eigenvalue weighted by atomic mass is 10.5. The molecule has 4 heteroatoms. The molecule has 0 heterocycles. The van der Waals surface area contributed by atoms with Crippen LogP contribution in [0, 0.1) is 11.2 Å². The van der Waals surface area contributed by atoms with E-state index < -0.39 is 20.4 Å². The summed E-state index contributed by atoms with van der Waals surface area (Å²) in [6.45, 7) is 1.86. The van der Waals surface area contributed by atoms with Crippen molar-refractivity contribution in [3.8, 4) is 11.2 Å². The van der Waals surface area contributed by atoms with Gasteiger partial charge in [-0.3, -0.25) is 3.62 Å². The van der Waals surface area contributed by atoms with E-state index in [1.54, 1.807) is 0 Å². The van der Waals surface area contributed by atoms with Crippen LogP contribution in [0.1, 0.15) is 6.92 Å². The molecule has 1 nitrogen and oxygen atoms in total. The zero-order valence-corrected chi connectivity index (χ0v) is 10.5. The van der Waals surface area contributed by atoms with Crippen molar-refractivity contribution in [1.29, 1.82) is 0 Å². The first-order valence-electron chi connectivity index (χ1n) is 3.62. The Morgan fingerprint density at radius 1 is 1.08 bits per heavy atom. The van der Waals surface area contributed by atoms with E-state index in [1.807, 2.05) is 10.5 Å². The molecule has 0 unspecified atom stereocenters. The third-order valence-corrected chi connectivity index (χ3v) is 6.48. The van der Waals surface area contributed by atoms with E-state index in [0.717, 1.165) is 0 Å². The molecule has 0 spiro atoms. The Hall–Kier alpha value is 0.285. The van der Waals surface area contributed by atoms with E-state index in [1.165, 1.54) is 0 Å². The van der Waals surface area contributed by atoms with Gasteiger partial charge in [-0.05, 0) is 43.5 Å². The molecule has 2 radical (unpaired) electrons. The predicted octanol–water partition coefficient (Wildman–Crippen LogP) is 1.94. The van der Waals surface area contributed by atoms with Gasteiger partial charge in [0.2, 0.25) is 7.98 Å². The molecule has 0 amide bonds. The molecule has 0 bridgehead atoms. The summed E-state index contributed by atoms with van der Waals surface area (Å²) in [5, 5.41) is 3.18. The zero-order valence-electron chi connectivity index (χ0n) is 8.84. The monoisotopic (exact) mass is 203 g/mol. The fourth-order valence-corrected chi connectivity index (χ4v) is 6.03. The van der Waals surface area contributed by atoms with Gasteiger partial charge < -0.3 is 0 Å². The average Bonchev–Trinajstić information content (AvgIpc) is 1.84. The molecule has 0 aromatic rings. The van der Waals surface area contributed by atoms with E-state index in [4.69, 9.17) is 7.98 Å².